The number of nitrogens with two attached hydrogens (primary N) is 1. The van der Waals surface area contributed by atoms with E-state index in [1.165, 1.54) is 0 Å². The van der Waals surface area contributed by atoms with E-state index in [2.05, 4.69) is 10.2 Å². The van der Waals surface area contributed by atoms with Gasteiger partial charge in [0.1, 0.15) is 0 Å². The standard InChI is InChI=1S/C14H16ClN3/c1-18(2)12-6-4-11(5-7-12)17-14-9-10(15)3-8-13(14)16/h3-9,17H,16H2,1-2H3. The number of nitrogens with zero attached hydrogens (tertiary/aromatic N) is 1. The van der Waals surface area contributed by atoms with Crippen LogP contribution in [0.5, 0.6) is 0 Å². The van der Waals surface area contributed by atoms with E-state index in [1.807, 2.05) is 44.4 Å². The number of benzene rings is 2. The lowest BCUT2D eigenvalue weighted by atomic mass is 10.2. The zero-order valence-electron chi connectivity index (χ0n) is 10.4. The fourth-order valence-corrected chi connectivity index (χ4v) is 1.81. The predicted octanol–water partition coefficient (Wildman–Crippen LogP) is 3.73. The van der Waals surface area contributed by atoms with Gasteiger partial charge in [-0.05, 0) is 42.5 Å². The summed E-state index contributed by atoms with van der Waals surface area (Å²) in [6.45, 7) is 0. The first-order valence-electron chi connectivity index (χ1n) is 5.66. The molecule has 0 atom stereocenters. The largest absolute Gasteiger partial charge is 0.397 e. The van der Waals surface area contributed by atoms with Gasteiger partial charge in [0.25, 0.3) is 0 Å². The Morgan fingerprint density at radius 3 is 2.33 bits per heavy atom. The molecule has 0 aliphatic carbocycles. The Balaban J connectivity index is 2.21. The smallest absolute Gasteiger partial charge is 0.0632 e. The molecule has 0 unspecified atom stereocenters. The van der Waals surface area contributed by atoms with Crippen molar-refractivity contribution in [3.8, 4) is 0 Å². The molecule has 0 aliphatic heterocycles. The van der Waals surface area contributed by atoms with Crippen molar-refractivity contribution in [2.24, 2.45) is 0 Å². The number of nitrogens with one attached hydrogen (secondary N) is 1. The number of nitrogen functional groups attached to an aromatic ring is 1. The SMILES string of the molecule is CN(C)c1ccc(Nc2cc(Cl)ccc2N)cc1. The van der Waals surface area contributed by atoms with Crippen molar-refractivity contribution in [2.45, 2.75) is 0 Å². The van der Waals surface area contributed by atoms with Crippen LogP contribution in [0.2, 0.25) is 5.02 Å². The molecule has 0 fully saturated rings. The summed E-state index contributed by atoms with van der Waals surface area (Å²) in [5.74, 6) is 0. The van der Waals surface area contributed by atoms with Crippen LogP contribution < -0.4 is 16.0 Å². The van der Waals surface area contributed by atoms with Gasteiger partial charge in [0, 0.05) is 30.5 Å². The molecular weight excluding hydrogens is 246 g/mol. The van der Waals surface area contributed by atoms with Crippen molar-refractivity contribution >= 4 is 34.4 Å². The van der Waals surface area contributed by atoms with Gasteiger partial charge in [-0.15, -0.1) is 0 Å². The number of rotatable bonds is 3. The maximum absolute atomic E-state index is 5.95. The zero-order valence-corrected chi connectivity index (χ0v) is 11.2. The third kappa shape index (κ3) is 2.87. The Morgan fingerprint density at radius 1 is 1.06 bits per heavy atom. The molecule has 0 radical (unpaired) electrons. The number of halogens is 1. The zero-order chi connectivity index (χ0) is 13.1. The highest BCUT2D eigenvalue weighted by Crippen LogP contribution is 2.27. The fourth-order valence-electron chi connectivity index (χ4n) is 1.64. The Kier molecular flexibility index (Phi) is 3.63. The van der Waals surface area contributed by atoms with E-state index in [0.717, 1.165) is 17.1 Å². The summed E-state index contributed by atoms with van der Waals surface area (Å²) in [5, 5.41) is 3.91. The summed E-state index contributed by atoms with van der Waals surface area (Å²) < 4.78 is 0. The maximum atomic E-state index is 5.95. The summed E-state index contributed by atoms with van der Waals surface area (Å²) in [5.41, 5.74) is 9.52. The molecule has 0 saturated carbocycles. The highest BCUT2D eigenvalue weighted by atomic mass is 35.5. The molecule has 0 aromatic heterocycles. The molecule has 0 aliphatic rings. The summed E-state index contributed by atoms with van der Waals surface area (Å²) >= 11 is 5.95. The van der Waals surface area contributed by atoms with Crippen LogP contribution in [0.4, 0.5) is 22.7 Å². The minimum atomic E-state index is 0.664. The van der Waals surface area contributed by atoms with E-state index in [1.54, 1.807) is 12.1 Å². The second-order valence-corrected chi connectivity index (χ2v) is 4.73. The van der Waals surface area contributed by atoms with Gasteiger partial charge in [-0.2, -0.15) is 0 Å². The molecule has 0 heterocycles. The third-order valence-corrected chi connectivity index (χ3v) is 2.91. The summed E-state index contributed by atoms with van der Waals surface area (Å²) in [7, 11) is 4.02. The lowest BCUT2D eigenvalue weighted by Gasteiger charge is -2.14. The monoisotopic (exact) mass is 261 g/mol. The van der Waals surface area contributed by atoms with Crippen LogP contribution >= 0.6 is 11.6 Å². The first-order chi connectivity index (χ1) is 8.56. The van der Waals surface area contributed by atoms with Crippen molar-refractivity contribution in [2.75, 3.05) is 30.0 Å². The highest BCUT2D eigenvalue weighted by molar-refractivity contribution is 6.31. The molecular formula is C14H16ClN3. The van der Waals surface area contributed by atoms with E-state index >= 15 is 0 Å². The van der Waals surface area contributed by atoms with Gasteiger partial charge in [0.05, 0.1) is 11.4 Å². The second kappa shape index (κ2) is 5.19. The van der Waals surface area contributed by atoms with E-state index in [9.17, 15) is 0 Å². The van der Waals surface area contributed by atoms with Crippen LogP contribution in [-0.2, 0) is 0 Å². The van der Waals surface area contributed by atoms with Crippen LogP contribution in [0, 0.1) is 0 Å². The average Bonchev–Trinajstić information content (AvgIpc) is 2.34. The van der Waals surface area contributed by atoms with Crippen LogP contribution in [0.15, 0.2) is 42.5 Å². The highest BCUT2D eigenvalue weighted by Gasteiger charge is 2.01. The number of hydrogen-bond donors (Lipinski definition) is 2. The van der Waals surface area contributed by atoms with Crippen LogP contribution in [0.25, 0.3) is 0 Å². The summed E-state index contributed by atoms with van der Waals surface area (Å²) in [4.78, 5) is 2.05. The predicted molar refractivity (Wildman–Crippen MR) is 79.9 cm³/mol. The van der Waals surface area contributed by atoms with Crippen molar-refractivity contribution in [3.63, 3.8) is 0 Å². The molecule has 2 aromatic carbocycles. The molecule has 4 heteroatoms. The summed E-state index contributed by atoms with van der Waals surface area (Å²) in [6.07, 6.45) is 0. The average molecular weight is 262 g/mol. The molecule has 3 nitrogen and oxygen atoms in total. The van der Waals surface area contributed by atoms with Crippen LogP contribution in [-0.4, -0.2) is 14.1 Å². The molecule has 94 valence electrons. The van der Waals surface area contributed by atoms with E-state index in [-0.39, 0.29) is 0 Å². The normalized spacial score (nSPS) is 10.2. The van der Waals surface area contributed by atoms with Gasteiger partial charge in [0.2, 0.25) is 0 Å². The van der Waals surface area contributed by atoms with Gasteiger partial charge in [-0.1, -0.05) is 11.6 Å². The molecule has 2 rings (SSSR count). The van der Waals surface area contributed by atoms with E-state index in [4.69, 9.17) is 17.3 Å². The lowest BCUT2D eigenvalue weighted by molar-refractivity contribution is 1.13. The van der Waals surface area contributed by atoms with E-state index < -0.39 is 0 Å². The van der Waals surface area contributed by atoms with Gasteiger partial charge >= 0.3 is 0 Å². The van der Waals surface area contributed by atoms with Gasteiger partial charge in [0.15, 0.2) is 0 Å². The van der Waals surface area contributed by atoms with Crippen LogP contribution in [0.1, 0.15) is 0 Å². The van der Waals surface area contributed by atoms with Crippen LogP contribution in [0.3, 0.4) is 0 Å². The minimum absolute atomic E-state index is 0.664. The molecule has 18 heavy (non-hydrogen) atoms. The third-order valence-electron chi connectivity index (χ3n) is 2.68. The van der Waals surface area contributed by atoms with Crippen molar-refractivity contribution in [1.29, 1.82) is 0 Å². The molecule has 2 aromatic rings. The number of anilines is 4. The van der Waals surface area contributed by atoms with Gasteiger partial charge < -0.3 is 16.0 Å². The maximum Gasteiger partial charge on any atom is 0.0632 e. The van der Waals surface area contributed by atoms with Crippen molar-refractivity contribution < 1.29 is 0 Å². The molecule has 0 spiro atoms. The lowest BCUT2D eigenvalue weighted by Crippen LogP contribution is -2.08. The fraction of sp³-hybridized carbons (Fsp3) is 0.143. The van der Waals surface area contributed by atoms with Gasteiger partial charge in [-0.3, -0.25) is 0 Å². The van der Waals surface area contributed by atoms with Gasteiger partial charge in [-0.25, -0.2) is 0 Å². The molecule has 3 N–H and O–H groups in total. The first-order valence-corrected chi connectivity index (χ1v) is 6.03. The second-order valence-electron chi connectivity index (χ2n) is 4.30. The Labute approximate surface area is 112 Å². The Hall–Kier alpha value is -1.87. The molecule has 0 amide bonds. The topological polar surface area (TPSA) is 41.3 Å². The molecule has 0 bridgehead atoms. The Bertz CT molecular complexity index is 535. The molecule has 0 saturated heterocycles. The Morgan fingerprint density at radius 2 is 1.72 bits per heavy atom. The first kappa shape index (κ1) is 12.6. The quantitative estimate of drug-likeness (QED) is 0.827. The van der Waals surface area contributed by atoms with Crippen molar-refractivity contribution in [1.82, 2.24) is 0 Å². The summed E-state index contributed by atoms with van der Waals surface area (Å²) in [6, 6.07) is 13.5. The number of hydrogen-bond acceptors (Lipinski definition) is 3. The minimum Gasteiger partial charge on any atom is -0.397 e. The van der Waals surface area contributed by atoms with Crippen molar-refractivity contribution in [3.05, 3.63) is 47.5 Å². The van der Waals surface area contributed by atoms with E-state index in [0.29, 0.717) is 10.7 Å².